The summed E-state index contributed by atoms with van der Waals surface area (Å²) in [4.78, 5) is 48.7. The summed E-state index contributed by atoms with van der Waals surface area (Å²) in [5.74, 6) is 1.58. The predicted octanol–water partition coefficient (Wildman–Crippen LogP) is 1.95. The van der Waals surface area contributed by atoms with Crippen LogP contribution < -0.4 is 16.6 Å². The minimum absolute atomic E-state index is 0.0858. The van der Waals surface area contributed by atoms with Gasteiger partial charge in [0.2, 0.25) is 5.91 Å². The van der Waals surface area contributed by atoms with Crippen molar-refractivity contribution in [1.82, 2.24) is 24.8 Å². The van der Waals surface area contributed by atoms with Gasteiger partial charge in [-0.25, -0.2) is 14.8 Å². The molecule has 2 aromatic heterocycles. The van der Waals surface area contributed by atoms with Crippen LogP contribution in [0.5, 0.6) is 0 Å². The molecular formula is C19H25N5O3S. The molecule has 0 atom stereocenters. The number of H-pyrrole nitrogens is 1. The minimum atomic E-state index is -0.484. The van der Waals surface area contributed by atoms with Gasteiger partial charge in [0.1, 0.15) is 16.2 Å². The van der Waals surface area contributed by atoms with Crippen LogP contribution in [0, 0.1) is 5.92 Å². The smallest absolute Gasteiger partial charge is 0.330 e. The van der Waals surface area contributed by atoms with E-state index in [1.807, 2.05) is 0 Å². The van der Waals surface area contributed by atoms with Crippen LogP contribution in [-0.4, -0.2) is 37.7 Å². The van der Waals surface area contributed by atoms with Crippen molar-refractivity contribution in [3.63, 3.8) is 0 Å². The van der Waals surface area contributed by atoms with Crippen LogP contribution in [0.3, 0.4) is 0 Å². The van der Waals surface area contributed by atoms with Crippen LogP contribution >= 0.6 is 11.8 Å². The lowest BCUT2D eigenvalue weighted by Crippen LogP contribution is -2.31. The van der Waals surface area contributed by atoms with E-state index >= 15 is 0 Å². The highest BCUT2D eigenvalue weighted by Gasteiger charge is 2.32. The molecule has 8 nitrogen and oxygen atoms in total. The molecule has 4 rings (SSSR count). The number of hydrogen-bond donors (Lipinski definition) is 2. The Morgan fingerprint density at radius 2 is 2.00 bits per heavy atom. The Morgan fingerprint density at radius 1 is 1.25 bits per heavy atom. The fourth-order valence-electron chi connectivity index (χ4n) is 3.12. The van der Waals surface area contributed by atoms with Gasteiger partial charge < -0.3 is 5.32 Å². The first kappa shape index (κ1) is 19.2. The fourth-order valence-corrected chi connectivity index (χ4v) is 3.98. The maximum Gasteiger partial charge on any atom is 0.330 e. The van der Waals surface area contributed by atoms with Crippen LogP contribution in [0.2, 0.25) is 0 Å². The third kappa shape index (κ3) is 4.14. The Bertz CT molecular complexity index is 1020. The summed E-state index contributed by atoms with van der Waals surface area (Å²) in [6.07, 6.45) is 4.77. The molecule has 28 heavy (non-hydrogen) atoms. The molecule has 0 radical (unpaired) electrons. The number of nitrogens with zero attached hydrogens (tertiary/aromatic N) is 3. The summed E-state index contributed by atoms with van der Waals surface area (Å²) in [6, 6.07) is 0.0889. The molecule has 150 valence electrons. The number of nitrogens with one attached hydrogen (secondary N) is 2. The minimum Gasteiger partial charge on any atom is -0.355 e. The van der Waals surface area contributed by atoms with Crippen LogP contribution in [-0.2, 0) is 4.79 Å². The number of hydrogen-bond acceptors (Lipinski definition) is 6. The maximum absolute atomic E-state index is 12.5. The summed E-state index contributed by atoms with van der Waals surface area (Å²) < 4.78 is 1.59. The Balaban J connectivity index is 1.65. The van der Waals surface area contributed by atoms with E-state index in [1.165, 1.54) is 11.8 Å². The summed E-state index contributed by atoms with van der Waals surface area (Å²) in [7, 11) is 0. The second kappa shape index (κ2) is 7.69. The molecule has 2 aliphatic rings. The van der Waals surface area contributed by atoms with Gasteiger partial charge in [-0.1, -0.05) is 25.6 Å². The van der Waals surface area contributed by atoms with Crippen molar-refractivity contribution in [2.75, 3.05) is 12.3 Å². The van der Waals surface area contributed by atoms with E-state index in [9.17, 15) is 14.4 Å². The molecule has 0 bridgehead atoms. The lowest BCUT2D eigenvalue weighted by Gasteiger charge is -2.12. The highest BCUT2D eigenvalue weighted by atomic mass is 32.2. The number of amides is 1. The molecule has 0 aliphatic heterocycles. The average molecular weight is 404 g/mol. The quantitative estimate of drug-likeness (QED) is 0.515. The maximum atomic E-state index is 12.5. The molecule has 2 saturated carbocycles. The first-order valence-corrected chi connectivity index (χ1v) is 10.9. The second-order valence-electron chi connectivity index (χ2n) is 8.04. The topological polar surface area (TPSA) is 110 Å². The molecule has 2 aliphatic carbocycles. The van der Waals surface area contributed by atoms with E-state index in [0.717, 1.165) is 32.1 Å². The Kier molecular flexibility index (Phi) is 5.27. The number of carbonyl (C=O) groups is 1. The van der Waals surface area contributed by atoms with E-state index in [-0.39, 0.29) is 23.6 Å². The van der Waals surface area contributed by atoms with E-state index in [2.05, 4.69) is 34.1 Å². The second-order valence-corrected chi connectivity index (χ2v) is 9.01. The Labute approximate surface area is 166 Å². The third-order valence-corrected chi connectivity index (χ3v) is 5.98. The van der Waals surface area contributed by atoms with E-state index in [4.69, 9.17) is 0 Å². The van der Waals surface area contributed by atoms with Gasteiger partial charge in [0.15, 0.2) is 5.65 Å². The summed E-state index contributed by atoms with van der Waals surface area (Å²) in [5, 5.41) is 3.70. The Morgan fingerprint density at radius 3 is 2.64 bits per heavy atom. The van der Waals surface area contributed by atoms with Gasteiger partial charge in [-0.3, -0.25) is 19.1 Å². The molecule has 2 N–H and O–H groups in total. The SMILES string of the molecule is CC(C)CCNC(=O)CSc1nc(C2CC2)nc2c1c(=O)[nH]c(=O)n2C1CC1. The van der Waals surface area contributed by atoms with Crippen LogP contribution in [0.15, 0.2) is 14.6 Å². The van der Waals surface area contributed by atoms with Gasteiger partial charge in [0.05, 0.1) is 5.75 Å². The van der Waals surface area contributed by atoms with Crippen LogP contribution in [0.4, 0.5) is 0 Å². The zero-order valence-corrected chi connectivity index (χ0v) is 17.0. The molecule has 0 unspecified atom stereocenters. The van der Waals surface area contributed by atoms with Crippen molar-refractivity contribution in [1.29, 1.82) is 0 Å². The molecule has 0 saturated heterocycles. The first-order chi connectivity index (χ1) is 13.4. The molecule has 9 heteroatoms. The van der Waals surface area contributed by atoms with E-state index in [1.54, 1.807) is 4.57 Å². The van der Waals surface area contributed by atoms with Gasteiger partial charge in [-0.2, -0.15) is 0 Å². The number of fused-ring (bicyclic) bond motifs is 1. The summed E-state index contributed by atoms with van der Waals surface area (Å²) in [5.41, 5.74) is -0.486. The van der Waals surface area contributed by atoms with Crippen molar-refractivity contribution in [3.05, 3.63) is 26.7 Å². The normalized spacial score (nSPS) is 16.7. The molecule has 2 fully saturated rings. The number of carbonyl (C=O) groups excluding carboxylic acids is 1. The number of thioether (sulfide) groups is 1. The number of aromatic nitrogens is 4. The van der Waals surface area contributed by atoms with Crippen molar-refractivity contribution in [3.8, 4) is 0 Å². The largest absolute Gasteiger partial charge is 0.355 e. The molecule has 2 heterocycles. The monoisotopic (exact) mass is 403 g/mol. The molecule has 1 amide bonds. The average Bonchev–Trinajstić information content (AvgIpc) is 3.52. The molecule has 0 aromatic carbocycles. The highest BCUT2D eigenvalue weighted by molar-refractivity contribution is 8.00. The zero-order valence-electron chi connectivity index (χ0n) is 16.2. The third-order valence-electron chi connectivity index (χ3n) is 5.01. The van der Waals surface area contributed by atoms with Gasteiger partial charge in [-0.05, 0) is 38.0 Å². The van der Waals surface area contributed by atoms with Crippen molar-refractivity contribution >= 4 is 28.7 Å². The van der Waals surface area contributed by atoms with Crippen molar-refractivity contribution in [2.24, 2.45) is 5.92 Å². The molecule has 2 aromatic rings. The zero-order chi connectivity index (χ0) is 19.8. The summed E-state index contributed by atoms with van der Waals surface area (Å²) in [6.45, 7) is 4.86. The fraction of sp³-hybridized carbons (Fsp3) is 0.632. The lowest BCUT2D eigenvalue weighted by atomic mass is 10.1. The molecule has 0 spiro atoms. The van der Waals surface area contributed by atoms with Gasteiger partial charge in [0.25, 0.3) is 5.56 Å². The molecular weight excluding hydrogens is 378 g/mol. The first-order valence-electron chi connectivity index (χ1n) is 9.90. The summed E-state index contributed by atoms with van der Waals surface area (Å²) >= 11 is 1.24. The van der Waals surface area contributed by atoms with Crippen LogP contribution in [0.1, 0.15) is 63.7 Å². The standard InChI is InChI=1S/C19H25N5O3S/c1-10(2)7-8-20-13(25)9-28-18-14-16(21-15(22-18)11-3-4-11)24(12-5-6-12)19(27)23-17(14)26/h10-12H,3-9H2,1-2H3,(H,20,25)(H,23,26,27). The van der Waals surface area contributed by atoms with Gasteiger partial charge >= 0.3 is 5.69 Å². The Hall–Kier alpha value is -2.16. The van der Waals surface area contributed by atoms with Crippen molar-refractivity contribution < 1.29 is 4.79 Å². The van der Waals surface area contributed by atoms with Crippen molar-refractivity contribution in [2.45, 2.75) is 62.9 Å². The van der Waals surface area contributed by atoms with E-state index < -0.39 is 11.2 Å². The highest BCUT2D eigenvalue weighted by Crippen LogP contribution is 2.40. The van der Waals surface area contributed by atoms with Gasteiger partial charge in [-0.15, -0.1) is 0 Å². The number of aromatic amines is 1. The predicted molar refractivity (Wildman–Crippen MR) is 108 cm³/mol. The lowest BCUT2D eigenvalue weighted by molar-refractivity contribution is -0.118. The van der Waals surface area contributed by atoms with Crippen LogP contribution in [0.25, 0.3) is 11.0 Å². The van der Waals surface area contributed by atoms with E-state index in [0.29, 0.717) is 34.3 Å². The number of rotatable bonds is 8. The van der Waals surface area contributed by atoms with Gasteiger partial charge in [0, 0.05) is 18.5 Å².